The van der Waals surface area contributed by atoms with Crippen molar-refractivity contribution in [2.75, 3.05) is 13.1 Å². The molecule has 2 aliphatic rings. The topological polar surface area (TPSA) is 3.24 Å². The summed E-state index contributed by atoms with van der Waals surface area (Å²) < 4.78 is 1.06. The lowest BCUT2D eigenvalue weighted by atomic mass is 9.68. The molecule has 0 N–H and O–H groups in total. The fraction of sp³-hybridized carbons (Fsp3) is 0.647. The summed E-state index contributed by atoms with van der Waals surface area (Å²) in [6.07, 6.45) is 10.1. The van der Waals surface area contributed by atoms with Crippen LogP contribution in [-0.4, -0.2) is 18.0 Å². The molecule has 3 rings (SSSR count). The first kappa shape index (κ1) is 14.9. The van der Waals surface area contributed by atoms with Crippen molar-refractivity contribution in [2.45, 2.75) is 51.5 Å². The summed E-state index contributed by atoms with van der Waals surface area (Å²) in [5.41, 5.74) is 1.95. The predicted molar refractivity (Wildman–Crippen MR) is 89.2 cm³/mol. The second-order valence-electron chi connectivity index (χ2n) is 6.57. The summed E-state index contributed by atoms with van der Waals surface area (Å²) in [5, 5.41) is 0.886. The van der Waals surface area contributed by atoms with Gasteiger partial charge >= 0.3 is 0 Å². The molecule has 1 saturated carbocycles. The van der Waals surface area contributed by atoms with Crippen LogP contribution >= 0.6 is 27.5 Å². The van der Waals surface area contributed by atoms with Gasteiger partial charge in [-0.3, -0.25) is 4.90 Å². The molecule has 110 valence electrons. The monoisotopic (exact) mass is 355 g/mol. The van der Waals surface area contributed by atoms with E-state index in [-0.39, 0.29) is 0 Å². The molecule has 0 atom stereocenters. The Hall–Kier alpha value is -0.0500. The Balaban J connectivity index is 1.58. The van der Waals surface area contributed by atoms with Gasteiger partial charge in [-0.1, -0.05) is 52.9 Å². The van der Waals surface area contributed by atoms with E-state index < -0.39 is 0 Å². The number of halogens is 2. The molecule has 0 radical (unpaired) electrons. The first-order chi connectivity index (χ1) is 9.67. The van der Waals surface area contributed by atoms with Gasteiger partial charge in [0.05, 0.1) is 0 Å². The maximum absolute atomic E-state index is 6.33. The quantitative estimate of drug-likeness (QED) is 0.662. The summed E-state index contributed by atoms with van der Waals surface area (Å²) in [5.74, 6) is 0. The third-order valence-corrected chi connectivity index (χ3v) is 6.09. The van der Waals surface area contributed by atoms with Crippen molar-refractivity contribution in [2.24, 2.45) is 5.41 Å². The molecule has 0 aromatic heterocycles. The van der Waals surface area contributed by atoms with Crippen LogP contribution in [0.3, 0.4) is 0 Å². The van der Waals surface area contributed by atoms with Crippen LogP contribution in [0.15, 0.2) is 22.7 Å². The SMILES string of the molecule is Clc1cc(Br)ccc1CN1CCC2(CCCCC2)CC1. The highest BCUT2D eigenvalue weighted by molar-refractivity contribution is 9.10. The minimum atomic E-state index is 0.693. The van der Waals surface area contributed by atoms with Crippen molar-refractivity contribution < 1.29 is 0 Å². The van der Waals surface area contributed by atoms with Gasteiger partial charge in [-0.2, -0.15) is 0 Å². The van der Waals surface area contributed by atoms with E-state index in [9.17, 15) is 0 Å². The molecule has 1 nitrogen and oxygen atoms in total. The van der Waals surface area contributed by atoms with Crippen LogP contribution in [0.1, 0.15) is 50.5 Å². The summed E-state index contributed by atoms with van der Waals surface area (Å²) in [6.45, 7) is 3.49. The lowest BCUT2D eigenvalue weighted by molar-refractivity contribution is 0.0641. The van der Waals surface area contributed by atoms with Gasteiger partial charge in [0.2, 0.25) is 0 Å². The van der Waals surface area contributed by atoms with E-state index in [1.54, 1.807) is 0 Å². The Kier molecular flexibility index (Phi) is 4.74. The molecule has 1 saturated heterocycles. The van der Waals surface area contributed by atoms with E-state index in [0.29, 0.717) is 5.41 Å². The minimum Gasteiger partial charge on any atom is -0.299 e. The first-order valence-electron chi connectivity index (χ1n) is 7.83. The molecule has 1 aliphatic heterocycles. The normalized spacial score (nSPS) is 23.1. The van der Waals surface area contributed by atoms with Gasteiger partial charge in [-0.05, 0) is 61.9 Å². The van der Waals surface area contributed by atoms with E-state index in [1.807, 2.05) is 6.07 Å². The van der Waals surface area contributed by atoms with E-state index in [2.05, 4.69) is 33.0 Å². The summed E-state index contributed by atoms with van der Waals surface area (Å²) in [6, 6.07) is 6.24. The highest BCUT2D eigenvalue weighted by atomic mass is 79.9. The average molecular weight is 357 g/mol. The Labute approximate surface area is 135 Å². The Morgan fingerprint density at radius 1 is 1.05 bits per heavy atom. The minimum absolute atomic E-state index is 0.693. The van der Waals surface area contributed by atoms with Crippen LogP contribution in [0.5, 0.6) is 0 Å². The van der Waals surface area contributed by atoms with Crippen molar-refractivity contribution in [3.8, 4) is 0 Å². The smallest absolute Gasteiger partial charge is 0.0462 e. The van der Waals surface area contributed by atoms with Crippen LogP contribution in [0.25, 0.3) is 0 Å². The van der Waals surface area contributed by atoms with Crippen molar-refractivity contribution >= 4 is 27.5 Å². The number of benzene rings is 1. The van der Waals surface area contributed by atoms with Gasteiger partial charge in [0.1, 0.15) is 0 Å². The van der Waals surface area contributed by atoms with Gasteiger partial charge in [0, 0.05) is 16.0 Å². The molecule has 1 aliphatic carbocycles. The lowest BCUT2D eigenvalue weighted by Gasteiger charge is -2.44. The van der Waals surface area contributed by atoms with Gasteiger partial charge < -0.3 is 0 Å². The molecule has 1 heterocycles. The standard InChI is InChI=1S/C17H23BrClN/c18-15-5-4-14(16(19)12-15)13-20-10-8-17(9-11-20)6-2-1-3-7-17/h4-5,12H,1-3,6-11,13H2. The number of hydrogen-bond donors (Lipinski definition) is 0. The van der Waals surface area contributed by atoms with Crippen molar-refractivity contribution in [3.63, 3.8) is 0 Å². The van der Waals surface area contributed by atoms with Crippen LogP contribution in [0.4, 0.5) is 0 Å². The molecule has 1 aromatic rings. The second kappa shape index (κ2) is 6.37. The Morgan fingerprint density at radius 2 is 1.75 bits per heavy atom. The fourth-order valence-corrected chi connectivity index (χ4v) is 4.61. The first-order valence-corrected chi connectivity index (χ1v) is 9.00. The maximum atomic E-state index is 6.33. The van der Waals surface area contributed by atoms with Crippen LogP contribution in [0.2, 0.25) is 5.02 Å². The van der Waals surface area contributed by atoms with Crippen molar-refractivity contribution in [1.82, 2.24) is 4.90 Å². The zero-order chi connectivity index (χ0) is 14.0. The van der Waals surface area contributed by atoms with Crippen LogP contribution in [0, 0.1) is 5.41 Å². The molecule has 2 fully saturated rings. The number of rotatable bonds is 2. The number of nitrogens with zero attached hydrogens (tertiary/aromatic N) is 1. The molecule has 1 aromatic carbocycles. The van der Waals surface area contributed by atoms with Crippen LogP contribution < -0.4 is 0 Å². The van der Waals surface area contributed by atoms with Gasteiger partial charge in [0.15, 0.2) is 0 Å². The third-order valence-electron chi connectivity index (χ3n) is 5.24. The third kappa shape index (κ3) is 3.40. The molecule has 0 amide bonds. The lowest BCUT2D eigenvalue weighted by Crippen LogP contribution is -2.40. The number of hydrogen-bond acceptors (Lipinski definition) is 1. The zero-order valence-electron chi connectivity index (χ0n) is 12.0. The van der Waals surface area contributed by atoms with Gasteiger partial charge in [0.25, 0.3) is 0 Å². The molecule has 20 heavy (non-hydrogen) atoms. The molecule has 0 unspecified atom stereocenters. The highest BCUT2D eigenvalue weighted by Crippen LogP contribution is 2.44. The Morgan fingerprint density at radius 3 is 2.40 bits per heavy atom. The van der Waals surface area contributed by atoms with Crippen molar-refractivity contribution in [1.29, 1.82) is 0 Å². The summed E-state index contributed by atoms with van der Waals surface area (Å²) >= 11 is 9.81. The van der Waals surface area contributed by atoms with Gasteiger partial charge in [-0.25, -0.2) is 0 Å². The van der Waals surface area contributed by atoms with E-state index >= 15 is 0 Å². The van der Waals surface area contributed by atoms with E-state index in [4.69, 9.17) is 11.6 Å². The summed E-state index contributed by atoms with van der Waals surface area (Å²) in [7, 11) is 0. The highest BCUT2D eigenvalue weighted by Gasteiger charge is 2.35. The molecule has 0 bridgehead atoms. The maximum Gasteiger partial charge on any atom is 0.0462 e. The largest absolute Gasteiger partial charge is 0.299 e. The number of likely N-dealkylation sites (tertiary alicyclic amines) is 1. The predicted octanol–water partition coefficient (Wildman–Crippen LogP) is 5.65. The van der Waals surface area contributed by atoms with E-state index in [0.717, 1.165) is 16.0 Å². The van der Waals surface area contributed by atoms with Gasteiger partial charge in [-0.15, -0.1) is 0 Å². The zero-order valence-corrected chi connectivity index (χ0v) is 14.3. The second-order valence-corrected chi connectivity index (χ2v) is 7.90. The molecule has 1 spiro atoms. The van der Waals surface area contributed by atoms with Crippen LogP contribution in [-0.2, 0) is 6.54 Å². The molecular weight excluding hydrogens is 334 g/mol. The molecular formula is C17H23BrClN. The van der Waals surface area contributed by atoms with E-state index in [1.165, 1.54) is 63.6 Å². The van der Waals surface area contributed by atoms with Crippen molar-refractivity contribution in [3.05, 3.63) is 33.3 Å². The average Bonchev–Trinajstić information content (AvgIpc) is 2.45. The number of piperidine rings is 1. The molecule has 3 heteroatoms. The fourth-order valence-electron chi connectivity index (χ4n) is 3.88. The summed E-state index contributed by atoms with van der Waals surface area (Å²) in [4.78, 5) is 2.58. The Bertz CT molecular complexity index is 458.